The second kappa shape index (κ2) is 6.72. The molecule has 0 amide bonds. The van der Waals surface area contributed by atoms with Gasteiger partial charge in [0, 0.05) is 34.2 Å². The molecule has 3 aromatic rings. The topological polar surface area (TPSA) is 63.1 Å². The third kappa shape index (κ3) is 3.52. The van der Waals surface area contributed by atoms with E-state index in [0.717, 1.165) is 0 Å². The van der Waals surface area contributed by atoms with Gasteiger partial charge in [-0.25, -0.2) is 0 Å². The molecule has 1 aromatic heterocycles. The van der Waals surface area contributed by atoms with Crippen LogP contribution in [0.4, 0.5) is 18.9 Å². The summed E-state index contributed by atoms with van der Waals surface area (Å²) >= 11 is 12.4. The molecule has 154 valence electrons. The number of alkyl halides is 3. The van der Waals surface area contributed by atoms with Crippen molar-refractivity contribution in [2.75, 3.05) is 12.3 Å². The number of rotatable bonds is 2. The molecule has 2 heterocycles. The Morgan fingerprint density at radius 1 is 1.14 bits per heavy atom. The minimum absolute atomic E-state index is 0.129. The van der Waals surface area contributed by atoms with Gasteiger partial charge in [-0.3, -0.25) is 0 Å². The lowest BCUT2D eigenvalue weighted by Crippen LogP contribution is -2.46. The summed E-state index contributed by atoms with van der Waals surface area (Å²) in [5, 5.41) is 3.76. The quantitative estimate of drug-likeness (QED) is 0.405. The first-order chi connectivity index (χ1) is 13.5. The van der Waals surface area contributed by atoms with Crippen LogP contribution >= 0.6 is 23.2 Å². The van der Waals surface area contributed by atoms with E-state index < -0.39 is 17.6 Å². The Morgan fingerprint density at radius 3 is 2.41 bits per heavy atom. The molecule has 0 saturated carbocycles. The summed E-state index contributed by atoms with van der Waals surface area (Å²) in [6.07, 6.45) is -4.41. The lowest BCUT2D eigenvalue weighted by atomic mass is 9.78. The van der Waals surface area contributed by atoms with Gasteiger partial charge in [-0.1, -0.05) is 37.0 Å². The summed E-state index contributed by atoms with van der Waals surface area (Å²) in [7, 11) is 0. The molecular weight excluding hydrogens is 426 g/mol. The SMILES string of the molecule is CC1(C)CNC(C(F)(F)F)c2[nH]c3ccc(Oc4c(Cl)cc(N)cc4Cl)cc3c21. The molecule has 4 nitrogen and oxygen atoms in total. The fraction of sp³-hybridized carbons (Fsp3) is 0.300. The maximum atomic E-state index is 13.5. The maximum Gasteiger partial charge on any atom is 0.409 e. The minimum Gasteiger partial charge on any atom is -0.454 e. The number of aromatic nitrogens is 1. The van der Waals surface area contributed by atoms with Gasteiger partial charge in [0.25, 0.3) is 0 Å². The number of nitrogen functional groups attached to an aromatic ring is 1. The molecule has 0 bridgehead atoms. The number of benzene rings is 2. The summed E-state index contributed by atoms with van der Waals surface area (Å²) < 4.78 is 46.5. The van der Waals surface area contributed by atoms with Gasteiger partial charge in [-0.15, -0.1) is 0 Å². The average molecular weight is 444 g/mol. The predicted molar refractivity (Wildman–Crippen MR) is 109 cm³/mol. The zero-order chi connectivity index (χ0) is 21.1. The van der Waals surface area contributed by atoms with Crippen LogP contribution in [0.5, 0.6) is 11.5 Å². The van der Waals surface area contributed by atoms with Crippen molar-refractivity contribution in [3.63, 3.8) is 0 Å². The van der Waals surface area contributed by atoms with Gasteiger partial charge in [0.15, 0.2) is 5.75 Å². The Kier molecular flexibility index (Phi) is 4.68. The number of fused-ring (bicyclic) bond motifs is 3. The van der Waals surface area contributed by atoms with Gasteiger partial charge in [0.1, 0.15) is 11.8 Å². The molecule has 29 heavy (non-hydrogen) atoms. The van der Waals surface area contributed by atoms with Crippen LogP contribution in [0.3, 0.4) is 0 Å². The Bertz CT molecular complexity index is 1090. The first-order valence-corrected chi connectivity index (χ1v) is 9.61. The minimum atomic E-state index is -4.41. The number of nitrogens with one attached hydrogen (secondary N) is 2. The van der Waals surface area contributed by atoms with Crippen LogP contribution in [0.2, 0.25) is 10.0 Å². The highest BCUT2D eigenvalue weighted by Gasteiger charge is 2.48. The first-order valence-electron chi connectivity index (χ1n) is 8.86. The van der Waals surface area contributed by atoms with Crippen molar-refractivity contribution in [2.45, 2.75) is 31.5 Å². The van der Waals surface area contributed by atoms with Crippen LogP contribution in [-0.4, -0.2) is 17.7 Å². The number of anilines is 1. The third-order valence-corrected chi connectivity index (χ3v) is 5.64. The number of nitrogens with two attached hydrogens (primary N) is 1. The van der Waals surface area contributed by atoms with Crippen molar-refractivity contribution in [1.29, 1.82) is 0 Å². The molecule has 9 heteroatoms. The number of hydrogen-bond donors (Lipinski definition) is 3. The maximum absolute atomic E-state index is 13.5. The zero-order valence-electron chi connectivity index (χ0n) is 15.5. The predicted octanol–water partition coefficient (Wildman–Crippen LogP) is 6.33. The van der Waals surface area contributed by atoms with E-state index in [1.54, 1.807) is 18.2 Å². The molecule has 0 fully saturated rings. The van der Waals surface area contributed by atoms with Crippen LogP contribution < -0.4 is 15.8 Å². The number of H-pyrrole nitrogens is 1. The van der Waals surface area contributed by atoms with Gasteiger partial charge in [-0.05, 0) is 35.9 Å². The molecule has 1 atom stereocenters. The molecule has 4 rings (SSSR count). The summed E-state index contributed by atoms with van der Waals surface area (Å²) in [5.41, 5.74) is 6.95. The fourth-order valence-electron chi connectivity index (χ4n) is 3.82. The summed E-state index contributed by atoms with van der Waals surface area (Å²) in [6, 6.07) is 6.32. The molecule has 1 unspecified atom stereocenters. The van der Waals surface area contributed by atoms with E-state index in [0.29, 0.717) is 27.9 Å². The van der Waals surface area contributed by atoms with Gasteiger partial charge in [0.2, 0.25) is 0 Å². The Labute approximate surface area is 175 Å². The van der Waals surface area contributed by atoms with Crippen molar-refractivity contribution >= 4 is 39.8 Å². The van der Waals surface area contributed by atoms with E-state index in [-0.39, 0.29) is 28.0 Å². The third-order valence-electron chi connectivity index (χ3n) is 5.08. The standard InChI is InChI=1S/C20H18Cl2F3N3O/c1-19(2)8-27-18(20(23,24)25)16-15(19)11-7-10(3-4-14(11)28-16)29-17-12(21)5-9(26)6-13(17)22/h3-7,18,27-28H,8,26H2,1-2H3. The Hall–Kier alpha value is -2.09. The summed E-state index contributed by atoms with van der Waals surface area (Å²) in [5.74, 6) is 0.645. The summed E-state index contributed by atoms with van der Waals surface area (Å²) in [4.78, 5) is 2.94. The van der Waals surface area contributed by atoms with Gasteiger partial charge < -0.3 is 20.8 Å². The number of ether oxygens (including phenoxy) is 1. The molecule has 0 radical (unpaired) electrons. The van der Waals surface area contributed by atoms with Crippen LogP contribution in [-0.2, 0) is 5.41 Å². The highest BCUT2D eigenvalue weighted by molar-refractivity contribution is 6.37. The number of halogens is 5. The lowest BCUT2D eigenvalue weighted by Gasteiger charge is -2.36. The highest BCUT2D eigenvalue weighted by atomic mass is 35.5. The van der Waals surface area contributed by atoms with Crippen molar-refractivity contribution in [3.8, 4) is 11.5 Å². The second-order valence-corrected chi connectivity index (χ2v) is 8.59. The van der Waals surface area contributed by atoms with E-state index in [4.69, 9.17) is 33.7 Å². The molecule has 0 spiro atoms. The van der Waals surface area contributed by atoms with E-state index in [9.17, 15) is 13.2 Å². The van der Waals surface area contributed by atoms with Crippen molar-refractivity contribution < 1.29 is 17.9 Å². The Morgan fingerprint density at radius 2 is 1.79 bits per heavy atom. The van der Waals surface area contributed by atoms with E-state index in [1.165, 1.54) is 12.1 Å². The first kappa shape index (κ1) is 20.2. The van der Waals surface area contributed by atoms with Gasteiger partial charge >= 0.3 is 6.18 Å². The summed E-state index contributed by atoms with van der Waals surface area (Å²) in [6.45, 7) is 4.00. The molecule has 1 aliphatic heterocycles. The van der Waals surface area contributed by atoms with Crippen LogP contribution in [0.15, 0.2) is 30.3 Å². The average Bonchev–Trinajstić information content (AvgIpc) is 2.96. The molecule has 2 aromatic carbocycles. The monoisotopic (exact) mass is 443 g/mol. The van der Waals surface area contributed by atoms with Crippen LogP contribution in [0, 0.1) is 0 Å². The normalized spacial score (nSPS) is 18.7. The smallest absolute Gasteiger partial charge is 0.409 e. The fourth-order valence-corrected chi connectivity index (χ4v) is 4.40. The number of aromatic amines is 1. The Balaban J connectivity index is 1.83. The molecule has 0 aliphatic carbocycles. The van der Waals surface area contributed by atoms with Crippen LogP contribution in [0.25, 0.3) is 10.9 Å². The van der Waals surface area contributed by atoms with Gasteiger partial charge in [0.05, 0.1) is 10.0 Å². The van der Waals surface area contributed by atoms with Crippen molar-refractivity contribution in [3.05, 3.63) is 51.6 Å². The zero-order valence-corrected chi connectivity index (χ0v) is 17.1. The van der Waals surface area contributed by atoms with E-state index in [1.807, 2.05) is 13.8 Å². The van der Waals surface area contributed by atoms with Crippen LogP contribution in [0.1, 0.15) is 31.1 Å². The molecule has 0 saturated heterocycles. The molecular formula is C20H18Cl2F3N3O. The highest BCUT2D eigenvalue weighted by Crippen LogP contribution is 2.46. The van der Waals surface area contributed by atoms with E-state index in [2.05, 4.69) is 10.3 Å². The van der Waals surface area contributed by atoms with Crippen molar-refractivity contribution in [1.82, 2.24) is 10.3 Å². The second-order valence-electron chi connectivity index (χ2n) is 7.78. The largest absolute Gasteiger partial charge is 0.454 e. The lowest BCUT2D eigenvalue weighted by molar-refractivity contribution is -0.160. The number of hydrogen-bond acceptors (Lipinski definition) is 3. The van der Waals surface area contributed by atoms with E-state index >= 15 is 0 Å². The molecule has 4 N–H and O–H groups in total. The van der Waals surface area contributed by atoms with Crippen molar-refractivity contribution in [2.24, 2.45) is 0 Å². The van der Waals surface area contributed by atoms with Gasteiger partial charge in [-0.2, -0.15) is 13.2 Å². The molecule has 1 aliphatic rings.